The molecular weight excluding hydrogens is 549 g/mol. The number of likely N-dealkylation sites (tertiary alicyclic amines) is 1. The van der Waals surface area contributed by atoms with Crippen molar-refractivity contribution >= 4 is 34.4 Å². The average molecular weight is 582 g/mol. The summed E-state index contributed by atoms with van der Waals surface area (Å²) in [5.41, 5.74) is 3.55. The SMILES string of the molecule is COC1CCN(CC(=O)Nc2cc(Oc3ccc4c(c3)nc(Nc3cc(-c5cccnc5)ccc3F)n4C)ccn2)CC1. The minimum atomic E-state index is -0.389. The molecule has 2 aromatic carbocycles. The number of halogens is 1. The molecule has 10 nitrogen and oxygen atoms in total. The smallest absolute Gasteiger partial charge is 0.239 e. The Hall–Kier alpha value is -4.87. The fraction of sp³-hybridized carbons (Fsp3) is 0.250. The van der Waals surface area contributed by atoms with E-state index in [0.29, 0.717) is 41.0 Å². The summed E-state index contributed by atoms with van der Waals surface area (Å²) in [6, 6.07) is 17.6. The highest BCUT2D eigenvalue weighted by molar-refractivity contribution is 5.91. The van der Waals surface area contributed by atoms with Gasteiger partial charge in [-0.2, -0.15) is 0 Å². The highest BCUT2D eigenvalue weighted by atomic mass is 19.1. The van der Waals surface area contributed by atoms with Gasteiger partial charge in [0.1, 0.15) is 23.1 Å². The van der Waals surface area contributed by atoms with Crippen molar-refractivity contribution < 1.29 is 18.7 Å². The molecule has 0 bridgehead atoms. The average Bonchev–Trinajstić information content (AvgIpc) is 3.33. The summed E-state index contributed by atoms with van der Waals surface area (Å²) in [7, 11) is 3.59. The predicted octanol–water partition coefficient (Wildman–Crippen LogP) is 5.75. The molecule has 2 N–H and O–H groups in total. The van der Waals surface area contributed by atoms with Crippen LogP contribution in [-0.2, 0) is 16.6 Å². The van der Waals surface area contributed by atoms with Crippen LogP contribution < -0.4 is 15.4 Å². The summed E-state index contributed by atoms with van der Waals surface area (Å²) < 4.78 is 28.1. The lowest BCUT2D eigenvalue weighted by Gasteiger charge is -2.30. The normalized spacial score (nSPS) is 14.1. The van der Waals surface area contributed by atoms with E-state index in [-0.39, 0.29) is 17.8 Å². The van der Waals surface area contributed by atoms with Crippen LogP contribution in [0.5, 0.6) is 11.5 Å². The zero-order valence-electron chi connectivity index (χ0n) is 24.0. The molecule has 0 spiro atoms. The van der Waals surface area contributed by atoms with Gasteiger partial charge in [0.2, 0.25) is 11.9 Å². The molecule has 3 aromatic heterocycles. The monoisotopic (exact) mass is 581 g/mol. The van der Waals surface area contributed by atoms with Gasteiger partial charge in [-0.3, -0.25) is 14.7 Å². The second kappa shape index (κ2) is 12.6. The number of nitrogens with zero attached hydrogens (tertiary/aromatic N) is 5. The maximum absolute atomic E-state index is 14.7. The Labute approximate surface area is 248 Å². The Morgan fingerprint density at radius 1 is 1.02 bits per heavy atom. The Bertz CT molecular complexity index is 1740. The van der Waals surface area contributed by atoms with E-state index >= 15 is 0 Å². The maximum Gasteiger partial charge on any atom is 0.239 e. The van der Waals surface area contributed by atoms with E-state index in [0.717, 1.165) is 42.6 Å². The van der Waals surface area contributed by atoms with Crippen LogP contribution in [0.4, 0.5) is 21.8 Å². The van der Waals surface area contributed by atoms with E-state index in [2.05, 4.69) is 30.5 Å². The fourth-order valence-corrected chi connectivity index (χ4v) is 5.18. The number of hydrogen-bond acceptors (Lipinski definition) is 8. The molecule has 1 fully saturated rings. The highest BCUT2D eigenvalue weighted by Crippen LogP contribution is 2.31. The first-order valence-electron chi connectivity index (χ1n) is 14.1. The van der Waals surface area contributed by atoms with Crippen molar-refractivity contribution in [2.75, 3.05) is 37.4 Å². The highest BCUT2D eigenvalue weighted by Gasteiger charge is 2.20. The third-order valence-corrected chi connectivity index (χ3v) is 7.53. The molecule has 1 amide bonds. The minimum Gasteiger partial charge on any atom is -0.457 e. The van der Waals surface area contributed by atoms with Crippen LogP contribution >= 0.6 is 0 Å². The van der Waals surface area contributed by atoms with Crippen LogP contribution in [0.1, 0.15) is 12.8 Å². The number of rotatable bonds is 9. The summed E-state index contributed by atoms with van der Waals surface area (Å²) in [5.74, 6) is 1.46. The first-order valence-corrected chi connectivity index (χ1v) is 14.1. The van der Waals surface area contributed by atoms with Crippen molar-refractivity contribution in [3.8, 4) is 22.6 Å². The second-order valence-electron chi connectivity index (χ2n) is 10.4. The molecule has 5 aromatic rings. The standard InChI is InChI=1S/C32H32FN7O3/c1-39-29-8-6-24(43-25-9-13-35-30(18-25)38-31(41)20-40-14-10-23(42-2)11-15-40)17-28(29)37-32(39)36-27-16-21(5-7-26(27)33)22-4-3-12-34-19-22/h3-9,12-13,16-19,23H,10-11,14-15,20H2,1-2H3,(H,36,37)(H,35,38,41). The van der Waals surface area contributed by atoms with E-state index in [4.69, 9.17) is 9.47 Å². The van der Waals surface area contributed by atoms with Crippen LogP contribution in [0.2, 0.25) is 0 Å². The van der Waals surface area contributed by atoms with Gasteiger partial charge in [0.15, 0.2) is 0 Å². The van der Waals surface area contributed by atoms with E-state index in [1.807, 2.05) is 41.9 Å². The van der Waals surface area contributed by atoms with Gasteiger partial charge in [0.05, 0.1) is 29.4 Å². The number of nitrogens with one attached hydrogen (secondary N) is 2. The zero-order chi connectivity index (χ0) is 29.8. The summed E-state index contributed by atoms with van der Waals surface area (Å²) >= 11 is 0. The first kappa shape index (κ1) is 28.3. The minimum absolute atomic E-state index is 0.127. The van der Waals surface area contributed by atoms with Crippen LogP contribution in [0.3, 0.4) is 0 Å². The lowest BCUT2D eigenvalue weighted by atomic mass is 10.1. The molecule has 6 rings (SSSR count). The Kier molecular flexibility index (Phi) is 8.25. The molecule has 11 heteroatoms. The van der Waals surface area contributed by atoms with Gasteiger partial charge in [-0.25, -0.2) is 14.4 Å². The van der Waals surface area contributed by atoms with Crippen LogP contribution in [0.25, 0.3) is 22.2 Å². The van der Waals surface area contributed by atoms with E-state index in [1.54, 1.807) is 50.0 Å². The first-order chi connectivity index (χ1) is 20.9. The number of aryl methyl sites for hydroxylation is 1. The number of carbonyl (C=O) groups is 1. The molecule has 1 aliphatic rings. The van der Waals surface area contributed by atoms with Crippen molar-refractivity contribution in [1.29, 1.82) is 0 Å². The van der Waals surface area contributed by atoms with Crippen LogP contribution in [-0.4, -0.2) is 63.2 Å². The Balaban J connectivity index is 1.13. The summed E-state index contributed by atoms with van der Waals surface area (Å²) in [4.78, 5) is 27.8. The number of anilines is 3. The molecule has 1 aliphatic heterocycles. The molecule has 0 aliphatic carbocycles. The van der Waals surface area contributed by atoms with E-state index in [1.165, 1.54) is 6.07 Å². The van der Waals surface area contributed by atoms with Crippen LogP contribution in [0, 0.1) is 5.82 Å². The molecule has 4 heterocycles. The number of pyridine rings is 2. The molecule has 43 heavy (non-hydrogen) atoms. The Morgan fingerprint density at radius 3 is 2.65 bits per heavy atom. The zero-order valence-corrected chi connectivity index (χ0v) is 24.0. The lowest BCUT2D eigenvalue weighted by Crippen LogP contribution is -2.41. The number of imidazole rings is 1. The molecule has 0 saturated carbocycles. The number of methoxy groups -OCH3 is 1. The molecule has 0 unspecified atom stereocenters. The number of piperidine rings is 1. The third-order valence-electron chi connectivity index (χ3n) is 7.53. The van der Waals surface area contributed by atoms with Crippen LogP contribution in [0.15, 0.2) is 79.3 Å². The number of benzene rings is 2. The van der Waals surface area contributed by atoms with Gasteiger partial charge in [-0.15, -0.1) is 0 Å². The fourth-order valence-electron chi connectivity index (χ4n) is 5.18. The number of fused-ring (bicyclic) bond motifs is 1. The van der Waals surface area contributed by atoms with Crippen molar-refractivity contribution in [2.45, 2.75) is 18.9 Å². The second-order valence-corrected chi connectivity index (χ2v) is 10.4. The number of carbonyl (C=O) groups excluding carboxylic acids is 1. The largest absolute Gasteiger partial charge is 0.457 e. The van der Waals surface area contributed by atoms with Crippen molar-refractivity contribution in [1.82, 2.24) is 24.4 Å². The summed E-state index contributed by atoms with van der Waals surface area (Å²) in [5, 5.41) is 5.99. The quantitative estimate of drug-likeness (QED) is 0.227. The topological polar surface area (TPSA) is 106 Å². The number of aromatic nitrogens is 4. The van der Waals surface area contributed by atoms with Gasteiger partial charge in [0, 0.05) is 63.5 Å². The maximum atomic E-state index is 14.7. The molecule has 220 valence electrons. The number of amides is 1. The number of hydrogen-bond donors (Lipinski definition) is 2. The predicted molar refractivity (Wildman–Crippen MR) is 163 cm³/mol. The van der Waals surface area contributed by atoms with Gasteiger partial charge in [-0.1, -0.05) is 12.1 Å². The summed E-state index contributed by atoms with van der Waals surface area (Å²) in [6.45, 7) is 1.94. The molecule has 0 radical (unpaired) electrons. The molecule has 1 saturated heterocycles. The molecular formula is C32H32FN7O3. The van der Waals surface area contributed by atoms with Gasteiger partial charge in [0.25, 0.3) is 0 Å². The summed E-state index contributed by atoms with van der Waals surface area (Å²) in [6.07, 6.45) is 7.12. The molecule has 0 atom stereocenters. The Morgan fingerprint density at radius 2 is 1.86 bits per heavy atom. The van der Waals surface area contributed by atoms with Crippen molar-refractivity contribution in [3.63, 3.8) is 0 Å². The van der Waals surface area contributed by atoms with Gasteiger partial charge >= 0.3 is 0 Å². The lowest BCUT2D eigenvalue weighted by molar-refractivity contribution is -0.118. The number of ether oxygens (including phenoxy) is 2. The third kappa shape index (κ3) is 6.63. The van der Waals surface area contributed by atoms with Crippen molar-refractivity contribution in [3.05, 3.63) is 85.1 Å². The van der Waals surface area contributed by atoms with Gasteiger partial charge < -0.3 is 24.7 Å². The van der Waals surface area contributed by atoms with E-state index < -0.39 is 0 Å². The van der Waals surface area contributed by atoms with Gasteiger partial charge in [-0.05, 0) is 54.8 Å². The van der Waals surface area contributed by atoms with E-state index in [9.17, 15) is 9.18 Å². The van der Waals surface area contributed by atoms with Crippen molar-refractivity contribution in [2.24, 2.45) is 7.05 Å².